The van der Waals surface area contributed by atoms with Gasteiger partial charge >= 0.3 is 0 Å². The van der Waals surface area contributed by atoms with Gasteiger partial charge in [0.1, 0.15) is 13.1 Å². The lowest BCUT2D eigenvalue weighted by Crippen LogP contribution is -2.32. The molecule has 1 N–H and O–H groups in total. The molecule has 0 aliphatic carbocycles. The number of aromatic nitrogens is 2. The number of rotatable bonds is 22. The second-order valence-electron chi connectivity index (χ2n) is 11.1. The quantitative estimate of drug-likeness (QED) is 0.0866. The van der Waals surface area contributed by atoms with Gasteiger partial charge < -0.3 is 19.2 Å². The predicted octanol–water partition coefficient (Wildman–Crippen LogP) is 7.60. The summed E-state index contributed by atoms with van der Waals surface area (Å²) in [5, 5.41) is 0. The van der Waals surface area contributed by atoms with Crippen molar-refractivity contribution < 1.29 is 28.4 Å². The molecule has 2 rings (SSSR count). The highest BCUT2D eigenvalue weighted by atomic mass is 31.2. The van der Waals surface area contributed by atoms with Gasteiger partial charge in [0, 0.05) is 37.1 Å². The Balaban J connectivity index is 0.000000671. The van der Waals surface area contributed by atoms with Crippen molar-refractivity contribution in [2.24, 2.45) is 0 Å². The van der Waals surface area contributed by atoms with Gasteiger partial charge in [0.05, 0.1) is 7.82 Å². The summed E-state index contributed by atoms with van der Waals surface area (Å²) in [7, 11) is -5.14. The van der Waals surface area contributed by atoms with E-state index >= 15 is 0 Å². The van der Waals surface area contributed by atoms with E-state index in [-0.39, 0.29) is 0 Å². The lowest BCUT2D eigenvalue weighted by atomic mass is 10.1. The minimum Gasteiger partial charge on any atom is -0.790 e. The highest BCUT2D eigenvalue weighted by Crippen LogP contribution is 2.12. The van der Waals surface area contributed by atoms with Crippen LogP contribution in [0.4, 0.5) is 0 Å². The molecule has 0 aliphatic heterocycles. The zero-order valence-corrected chi connectivity index (χ0v) is 27.2. The van der Waals surface area contributed by atoms with Crippen LogP contribution in [0.1, 0.15) is 142 Å². The number of phosphoric acid groups is 1. The standard InChI is InChI=1S/2C17H30N.H3O4P/c2*1-2-3-4-5-6-7-8-9-10-12-15-18-16-13-11-14-17-18;1-5(2,3)4/h2*11,13-14,16-17H,2-10,12,15H2,1H3;(H3,1,2,3,4)/q2*+1;/p-2. The van der Waals surface area contributed by atoms with Crippen molar-refractivity contribution in [1.82, 2.24) is 0 Å². The Labute approximate surface area is 252 Å². The molecule has 2 aromatic heterocycles. The fraction of sp³-hybridized carbons (Fsp3) is 0.706. The molecule has 0 atom stereocenters. The number of pyridine rings is 2. The molecule has 41 heavy (non-hydrogen) atoms. The van der Waals surface area contributed by atoms with E-state index in [0.29, 0.717) is 0 Å². The molecular formula is C34H61N2O4P. The Hall–Kier alpha value is -1.59. The molecular weight excluding hydrogens is 531 g/mol. The molecule has 0 aromatic carbocycles. The maximum Gasteiger partial charge on any atom is 0.168 e. The second kappa shape index (κ2) is 29.9. The average molecular weight is 593 g/mol. The van der Waals surface area contributed by atoms with Crippen LogP contribution in [0.3, 0.4) is 0 Å². The zero-order valence-electron chi connectivity index (χ0n) is 26.3. The maximum atomic E-state index is 8.66. The summed E-state index contributed by atoms with van der Waals surface area (Å²) in [5.74, 6) is 0. The molecule has 236 valence electrons. The van der Waals surface area contributed by atoms with E-state index in [0.717, 1.165) is 0 Å². The van der Waals surface area contributed by atoms with E-state index in [9.17, 15) is 0 Å². The fourth-order valence-corrected chi connectivity index (χ4v) is 4.73. The van der Waals surface area contributed by atoms with E-state index in [2.05, 4.69) is 84.2 Å². The Morgan fingerprint density at radius 3 is 0.927 bits per heavy atom. The molecule has 0 bridgehead atoms. The Morgan fingerprint density at radius 2 is 0.683 bits per heavy atom. The smallest absolute Gasteiger partial charge is 0.168 e. The second-order valence-corrected chi connectivity index (χ2v) is 12.0. The number of nitrogens with zero attached hydrogens (tertiary/aromatic N) is 2. The Bertz CT molecular complexity index is 750. The number of hydrogen-bond donors (Lipinski definition) is 1. The minimum atomic E-state index is -5.14. The van der Waals surface area contributed by atoms with Crippen LogP contribution in [0, 0.1) is 0 Å². The summed E-state index contributed by atoms with van der Waals surface area (Å²) in [6, 6.07) is 12.6. The molecule has 0 fully saturated rings. The molecule has 7 heteroatoms. The first-order valence-electron chi connectivity index (χ1n) is 16.5. The zero-order chi connectivity index (χ0) is 30.3. The van der Waals surface area contributed by atoms with E-state index < -0.39 is 7.82 Å². The lowest BCUT2D eigenvalue weighted by Gasteiger charge is -2.19. The monoisotopic (exact) mass is 592 g/mol. The number of unbranched alkanes of at least 4 members (excludes halogenated alkanes) is 18. The highest BCUT2D eigenvalue weighted by molar-refractivity contribution is 7.42. The van der Waals surface area contributed by atoms with Gasteiger partial charge in [-0.1, -0.05) is 129 Å². The molecule has 0 radical (unpaired) electrons. The van der Waals surface area contributed by atoms with Crippen LogP contribution in [0.25, 0.3) is 0 Å². The Morgan fingerprint density at radius 1 is 0.463 bits per heavy atom. The molecule has 0 amide bonds. The molecule has 2 aromatic rings. The molecule has 0 unspecified atom stereocenters. The van der Waals surface area contributed by atoms with Crippen molar-refractivity contribution in [1.29, 1.82) is 0 Å². The third kappa shape index (κ3) is 34.5. The summed E-state index contributed by atoms with van der Waals surface area (Å²) >= 11 is 0. The van der Waals surface area contributed by atoms with Gasteiger partial charge in [-0.15, -0.1) is 0 Å². The molecule has 2 heterocycles. The van der Waals surface area contributed by atoms with Gasteiger partial charge in [-0.25, -0.2) is 9.13 Å². The van der Waals surface area contributed by atoms with E-state index in [1.54, 1.807) is 0 Å². The van der Waals surface area contributed by atoms with Crippen molar-refractivity contribution >= 4 is 7.82 Å². The van der Waals surface area contributed by atoms with Crippen molar-refractivity contribution in [3.8, 4) is 0 Å². The van der Waals surface area contributed by atoms with E-state index in [1.165, 1.54) is 142 Å². The maximum absolute atomic E-state index is 8.66. The summed E-state index contributed by atoms with van der Waals surface area (Å²) < 4.78 is 13.2. The van der Waals surface area contributed by atoms with Gasteiger partial charge in [-0.2, -0.15) is 0 Å². The molecule has 6 nitrogen and oxygen atoms in total. The van der Waals surface area contributed by atoms with Crippen LogP contribution in [-0.2, 0) is 17.7 Å². The summed E-state index contributed by atoms with van der Waals surface area (Å²) in [5.41, 5.74) is 0. The highest BCUT2D eigenvalue weighted by Gasteiger charge is 1.99. The van der Waals surface area contributed by atoms with Gasteiger partial charge in [0.15, 0.2) is 24.8 Å². The molecule has 0 saturated heterocycles. The fourth-order valence-electron chi connectivity index (χ4n) is 4.73. The van der Waals surface area contributed by atoms with Crippen LogP contribution in [-0.4, -0.2) is 4.89 Å². The van der Waals surface area contributed by atoms with Crippen LogP contribution >= 0.6 is 7.82 Å². The SMILES string of the molecule is CCCCCCCCCCCC[n+]1ccccc1.CCCCCCCCCCCC[n+]1ccccc1.O=P([O-])([O-])O. The normalized spacial score (nSPS) is 10.9. The number of hydrogen-bond acceptors (Lipinski definition) is 3. The average Bonchev–Trinajstić information content (AvgIpc) is 2.96. The van der Waals surface area contributed by atoms with E-state index in [4.69, 9.17) is 19.2 Å². The first-order chi connectivity index (χ1) is 19.9. The van der Waals surface area contributed by atoms with Crippen molar-refractivity contribution in [3.05, 3.63) is 61.2 Å². The van der Waals surface area contributed by atoms with Gasteiger partial charge in [-0.05, 0) is 12.8 Å². The third-order valence-electron chi connectivity index (χ3n) is 7.09. The molecule has 0 saturated carbocycles. The van der Waals surface area contributed by atoms with Crippen LogP contribution in [0.2, 0.25) is 0 Å². The van der Waals surface area contributed by atoms with Gasteiger partial charge in [0.2, 0.25) is 0 Å². The molecule has 0 spiro atoms. The molecule has 0 aliphatic rings. The number of aryl methyl sites for hydroxylation is 2. The summed E-state index contributed by atoms with van der Waals surface area (Å²) in [4.78, 5) is 24.3. The van der Waals surface area contributed by atoms with Crippen LogP contribution in [0.15, 0.2) is 61.2 Å². The lowest BCUT2D eigenvalue weighted by molar-refractivity contribution is -0.697. The first-order valence-corrected chi connectivity index (χ1v) is 18.0. The third-order valence-corrected chi connectivity index (χ3v) is 7.09. The summed E-state index contributed by atoms with van der Waals surface area (Å²) in [6.45, 7) is 6.92. The van der Waals surface area contributed by atoms with E-state index in [1.807, 2.05) is 0 Å². The van der Waals surface area contributed by atoms with Gasteiger partial charge in [0.25, 0.3) is 0 Å². The first kappa shape index (κ1) is 39.4. The minimum absolute atomic E-state index is 1.18. The van der Waals surface area contributed by atoms with Crippen LogP contribution < -0.4 is 18.9 Å². The largest absolute Gasteiger partial charge is 0.790 e. The van der Waals surface area contributed by atoms with Crippen LogP contribution in [0.5, 0.6) is 0 Å². The summed E-state index contributed by atoms with van der Waals surface area (Å²) in [6.07, 6.45) is 36.9. The van der Waals surface area contributed by atoms with Crippen molar-refractivity contribution in [2.75, 3.05) is 0 Å². The Kier molecular flexibility index (Phi) is 28.7. The van der Waals surface area contributed by atoms with Crippen molar-refractivity contribution in [2.45, 2.75) is 155 Å². The van der Waals surface area contributed by atoms with Crippen molar-refractivity contribution in [3.63, 3.8) is 0 Å². The van der Waals surface area contributed by atoms with Gasteiger partial charge in [-0.3, -0.25) is 0 Å². The topological polar surface area (TPSA) is 91.2 Å². The predicted molar refractivity (Wildman–Crippen MR) is 167 cm³/mol.